The lowest BCUT2D eigenvalue weighted by atomic mass is 9.53. The van der Waals surface area contributed by atoms with Gasteiger partial charge in [0.05, 0.1) is 0 Å². The smallest absolute Gasteiger partial charge is 0.309 e. The fourth-order valence-electron chi connectivity index (χ4n) is 4.57. The largest absolute Gasteiger partial charge is 0.361 e. The number of nitrogens with one attached hydrogen (secondary N) is 1. The van der Waals surface area contributed by atoms with E-state index in [9.17, 15) is 9.59 Å². The van der Waals surface area contributed by atoms with Crippen molar-refractivity contribution in [3.63, 3.8) is 0 Å². The van der Waals surface area contributed by atoms with Crippen molar-refractivity contribution < 1.29 is 9.59 Å². The normalized spacial score (nSPS) is 44.4. The monoisotopic (exact) mass is 222 g/mol. The summed E-state index contributed by atoms with van der Waals surface area (Å²) < 4.78 is 0. The molecule has 0 spiro atoms. The number of rotatable bonds is 1. The Morgan fingerprint density at radius 1 is 1.00 bits per heavy atom. The average Bonchev–Trinajstić information content (AvgIpc) is 2.13. The second-order valence-corrected chi connectivity index (χ2v) is 6.02. The summed E-state index contributed by atoms with van der Waals surface area (Å²) in [6.07, 6.45) is 7.14. The summed E-state index contributed by atoms with van der Waals surface area (Å²) in [6.45, 7) is 0. The molecule has 4 bridgehead atoms. The molecule has 0 aromatic carbocycles. The van der Waals surface area contributed by atoms with Crippen LogP contribution in [0.2, 0.25) is 0 Å². The zero-order valence-electron chi connectivity index (χ0n) is 9.37. The van der Waals surface area contributed by atoms with Crippen molar-refractivity contribution >= 4 is 11.8 Å². The molecule has 0 atom stereocenters. The number of hydrogen-bond donors (Lipinski definition) is 2. The Labute approximate surface area is 94.9 Å². The molecule has 4 aliphatic carbocycles. The van der Waals surface area contributed by atoms with Crippen LogP contribution in [-0.2, 0) is 9.59 Å². The minimum Gasteiger partial charge on any atom is -0.361 e. The van der Waals surface area contributed by atoms with Gasteiger partial charge in [0.25, 0.3) is 0 Å². The number of primary amides is 1. The van der Waals surface area contributed by atoms with Crippen LogP contribution in [0.15, 0.2) is 0 Å². The summed E-state index contributed by atoms with van der Waals surface area (Å²) in [5.41, 5.74) is 4.92. The highest BCUT2D eigenvalue weighted by molar-refractivity contribution is 6.34. The van der Waals surface area contributed by atoms with Crippen molar-refractivity contribution in [2.45, 2.75) is 44.1 Å². The maximum atomic E-state index is 11.4. The number of carbonyl (C=O) groups excluding carboxylic acids is 2. The van der Waals surface area contributed by atoms with Crippen molar-refractivity contribution in [1.29, 1.82) is 0 Å². The molecule has 4 heteroatoms. The van der Waals surface area contributed by atoms with Gasteiger partial charge < -0.3 is 11.1 Å². The van der Waals surface area contributed by atoms with Crippen LogP contribution < -0.4 is 11.1 Å². The lowest BCUT2D eigenvalue weighted by Crippen LogP contribution is -2.61. The first kappa shape index (κ1) is 10.1. The molecule has 4 nitrogen and oxygen atoms in total. The summed E-state index contributed by atoms with van der Waals surface area (Å²) in [5, 5.41) is 2.91. The van der Waals surface area contributed by atoms with E-state index in [-0.39, 0.29) is 5.54 Å². The van der Waals surface area contributed by atoms with Crippen molar-refractivity contribution in [3.05, 3.63) is 0 Å². The topological polar surface area (TPSA) is 72.2 Å². The lowest BCUT2D eigenvalue weighted by molar-refractivity contribution is -0.140. The Kier molecular flexibility index (Phi) is 2.03. The van der Waals surface area contributed by atoms with E-state index in [1.165, 1.54) is 19.3 Å². The predicted octanol–water partition coefficient (Wildman–Crippen LogP) is 0.557. The van der Waals surface area contributed by atoms with E-state index >= 15 is 0 Å². The van der Waals surface area contributed by atoms with Gasteiger partial charge in [-0.25, -0.2) is 0 Å². The molecule has 0 aliphatic heterocycles. The third kappa shape index (κ3) is 1.51. The third-order valence-corrected chi connectivity index (χ3v) is 4.64. The molecule has 16 heavy (non-hydrogen) atoms. The fourth-order valence-corrected chi connectivity index (χ4v) is 4.57. The summed E-state index contributed by atoms with van der Waals surface area (Å²) >= 11 is 0. The van der Waals surface area contributed by atoms with Crippen LogP contribution in [0.25, 0.3) is 0 Å². The molecule has 0 aromatic heterocycles. The van der Waals surface area contributed by atoms with Gasteiger partial charge in [-0.3, -0.25) is 9.59 Å². The number of nitrogens with two attached hydrogens (primary N) is 1. The van der Waals surface area contributed by atoms with Crippen LogP contribution in [0.4, 0.5) is 0 Å². The number of hydrogen-bond acceptors (Lipinski definition) is 2. The summed E-state index contributed by atoms with van der Waals surface area (Å²) in [5.74, 6) is 0.843. The van der Waals surface area contributed by atoms with E-state index in [1.54, 1.807) is 0 Å². The molecule has 0 saturated heterocycles. The predicted molar refractivity (Wildman–Crippen MR) is 58.2 cm³/mol. The molecule has 4 aliphatic rings. The maximum absolute atomic E-state index is 11.4. The third-order valence-electron chi connectivity index (χ3n) is 4.64. The van der Waals surface area contributed by atoms with Gasteiger partial charge in [0, 0.05) is 5.54 Å². The molecule has 0 aromatic rings. The Balaban J connectivity index is 1.78. The Bertz CT molecular complexity index is 316. The average molecular weight is 222 g/mol. The van der Waals surface area contributed by atoms with Gasteiger partial charge in [-0.05, 0) is 56.3 Å². The first-order chi connectivity index (χ1) is 7.56. The molecule has 3 N–H and O–H groups in total. The molecule has 4 fully saturated rings. The van der Waals surface area contributed by atoms with Gasteiger partial charge in [0.15, 0.2) is 0 Å². The SMILES string of the molecule is NC(=O)C(=O)NC12CC3CC(CC(C3)C1)C2. The highest BCUT2D eigenvalue weighted by Crippen LogP contribution is 2.55. The zero-order valence-corrected chi connectivity index (χ0v) is 9.37. The van der Waals surface area contributed by atoms with E-state index in [0.717, 1.165) is 37.0 Å². The van der Waals surface area contributed by atoms with Gasteiger partial charge in [-0.2, -0.15) is 0 Å². The minimum absolute atomic E-state index is 0.0964. The van der Waals surface area contributed by atoms with Gasteiger partial charge in [-0.15, -0.1) is 0 Å². The van der Waals surface area contributed by atoms with Crippen molar-refractivity contribution in [3.8, 4) is 0 Å². The van der Waals surface area contributed by atoms with E-state index in [0.29, 0.717) is 0 Å². The standard InChI is InChI=1S/C12H18N2O2/c13-10(15)11(16)14-12-4-7-1-8(5-12)3-9(2-7)6-12/h7-9H,1-6H2,(H2,13,15)(H,14,16). The second-order valence-electron chi connectivity index (χ2n) is 6.02. The van der Waals surface area contributed by atoms with Gasteiger partial charge in [-0.1, -0.05) is 0 Å². The van der Waals surface area contributed by atoms with Crippen LogP contribution in [0.3, 0.4) is 0 Å². The highest BCUT2D eigenvalue weighted by atomic mass is 16.2. The van der Waals surface area contributed by atoms with E-state index in [2.05, 4.69) is 5.32 Å². The maximum Gasteiger partial charge on any atom is 0.309 e. The minimum atomic E-state index is -0.851. The van der Waals surface area contributed by atoms with Crippen LogP contribution in [0, 0.1) is 17.8 Å². The van der Waals surface area contributed by atoms with Gasteiger partial charge in [0.2, 0.25) is 0 Å². The van der Waals surface area contributed by atoms with Crippen LogP contribution in [-0.4, -0.2) is 17.4 Å². The first-order valence-electron chi connectivity index (χ1n) is 6.18. The molecule has 2 amide bonds. The van der Waals surface area contributed by atoms with E-state index < -0.39 is 11.8 Å². The Hall–Kier alpha value is -1.06. The second kappa shape index (κ2) is 3.22. The van der Waals surface area contributed by atoms with Crippen LogP contribution in [0.5, 0.6) is 0 Å². The number of amides is 2. The highest BCUT2D eigenvalue weighted by Gasteiger charge is 2.51. The van der Waals surface area contributed by atoms with Gasteiger partial charge >= 0.3 is 11.8 Å². The zero-order chi connectivity index (χ0) is 11.3. The first-order valence-corrected chi connectivity index (χ1v) is 6.18. The summed E-state index contributed by atoms with van der Waals surface area (Å²) in [4.78, 5) is 22.3. The fraction of sp³-hybridized carbons (Fsp3) is 0.833. The number of carbonyl (C=O) groups is 2. The van der Waals surface area contributed by atoms with Gasteiger partial charge in [0.1, 0.15) is 0 Å². The molecule has 88 valence electrons. The lowest BCUT2D eigenvalue weighted by Gasteiger charge is -2.56. The van der Waals surface area contributed by atoms with Crippen molar-refractivity contribution in [1.82, 2.24) is 5.32 Å². The van der Waals surface area contributed by atoms with Crippen LogP contribution >= 0.6 is 0 Å². The van der Waals surface area contributed by atoms with E-state index in [1.807, 2.05) is 0 Å². The van der Waals surface area contributed by atoms with Crippen molar-refractivity contribution in [2.24, 2.45) is 23.5 Å². The molecular formula is C12H18N2O2. The molecular weight excluding hydrogens is 204 g/mol. The quantitative estimate of drug-likeness (QED) is 0.636. The molecule has 4 rings (SSSR count). The summed E-state index contributed by atoms with van der Waals surface area (Å²) in [7, 11) is 0. The Morgan fingerprint density at radius 2 is 1.44 bits per heavy atom. The van der Waals surface area contributed by atoms with Crippen LogP contribution in [0.1, 0.15) is 38.5 Å². The Morgan fingerprint density at radius 3 is 1.81 bits per heavy atom. The van der Waals surface area contributed by atoms with Crippen molar-refractivity contribution in [2.75, 3.05) is 0 Å². The molecule has 0 heterocycles. The molecule has 0 unspecified atom stereocenters. The molecule has 0 radical (unpaired) electrons. The summed E-state index contributed by atoms with van der Waals surface area (Å²) in [6, 6.07) is 0. The molecule has 4 saturated carbocycles. The van der Waals surface area contributed by atoms with E-state index in [4.69, 9.17) is 5.73 Å².